The Labute approximate surface area is 214 Å². The highest BCUT2D eigenvalue weighted by atomic mass is 35.5. The van der Waals surface area contributed by atoms with Crippen molar-refractivity contribution in [2.45, 2.75) is 39.3 Å². The molecular weight excluding hydrogens is 485 g/mol. The lowest BCUT2D eigenvalue weighted by Crippen LogP contribution is -2.48. The van der Waals surface area contributed by atoms with E-state index >= 15 is 0 Å². The molecular formula is C25H29ClFN7O2. The number of benzene rings is 1. The van der Waals surface area contributed by atoms with Gasteiger partial charge in [0.1, 0.15) is 23.7 Å². The minimum atomic E-state index is -0.495. The summed E-state index contributed by atoms with van der Waals surface area (Å²) in [6.07, 6.45) is 3.93. The Bertz CT molecular complexity index is 1250. The molecule has 0 unspecified atom stereocenters. The van der Waals surface area contributed by atoms with Gasteiger partial charge in [-0.15, -0.1) is 5.10 Å². The number of fused-ring (bicyclic) bond motifs is 2. The largest absolute Gasteiger partial charge is 0.424 e. The second-order valence-electron chi connectivity index (χ2n) is 10.5. The first-order valence-corrected chi connectivity index (χ1v) is 12.7. The Balaban J connectivity index is 1.21. The van der Waals surface area contributed by atoms with Gasteiger partial charge < -0.3 is 19.7 Å². The molecule has 36 heavy (non-hydrogen) atoms. The van der Waals surface area contributed by atoms with E-state index < -0.39 is 5.82 Å². The van der Waals surface area contributed by atoms with Crippen LogP contribution in [0.25, 0.3) is 0 Å². The van der Waals surface area contributed by atoms with Crippen LogP contribution in [0.5, 0.6) is 11.8 Å². The first-order valence-electron chi connectivity index (χ1n) is 12.3. The van der Waals surface area contributed by atoms with Gasteiger partial charge in [-0.2, -0.15) is 4.98 Å². The standard InChI is InChI=1S/C25H29ClFN7O2/c1-15-7-21(29-14-28-15)33-9-16-3-4-17(10-33)22(16)30-23-31-24(34(32-23)11-25(2)12-35-13-25)36-18-5-6-20(27)19(26)8-18/h5-8,14,16-17,22H,3-4,9-13H2,1-2H3,(H,30,32)/t16-,17+,22-. The summed E-state index contributed by atoms with van der Waals surface area (Å²) in [4.78, 5) is 15.8. The van der Waals surface area contributed by atoms with Gasteiger partial charge in [-0.25, -0.2) is 19.0 Å². The van der Waals surface area contributed by atoms with Crippen LogP contribution in [0.3, 0.4) is 0 Å². The molecule has 3 aromatic rings. The van der Waals surface area contributed by atoms with Crippen molar-refractivity contribution in [3.05, 3.63) is 47.1 Å². The van der Waals surface area contributed by atoms with Gasteiger partial charge in [-0.05, 0) is 43.7 Å². The second kappa shape index (κ2) is 9.15. The third-order valence-electron chi connectivity index (χ3n) is 7.41. The van der Waals surface area contributed by atoms with E-state index in [2.05, 4.69) is 32.1 Å². The zero-order valence-electron chi connectivity index (χ0n) is 20.3. The number of anilines is 2. The molecule has 0 amide bonds. The molecule has 0 radical (unpaired) electrons. The van der Waals surface area contributed by atoms with Crippen LogP contribution < -0.4 is 15.0 Å². The van der Waals surface area contributed by atoms with Crippen LogP contribution in [-0.4, -0.2) is 57.1 Å². The Kier molecular flexibility index (Phi) is 5.95. The van der Waals surface area contributed by atoms with E-state index in [1.165, 1.54) is 18.2 Å². The summed E-state index contributed by atoms with van der Waals surface area (Å²) in [7, 11) is 0. The molecule has 3 aliphatic rings. The monoisotopic (exact) mass is 513 g/mol. The van der Waals surface area contributed by atoms with Gasteiger partial charge >= 0.3 is 6.01 Å². The number of nitrogens with zero attached hydrogens (tertiary/aromatic N) is 6. The van der Waals surface area contributed by atoms with Gasteiger partial charge in [0, 0.05) is 42.4 Å². The lowest BCUT2D eigenvalue weighted by atomic mass is 9.89. The van der Waals surface area contributed by atoms with Crippen LogP contribution in [0.2, 0.25) is 5.02 Å². The second-order valence-corrected chi connectivity index (χ2v) is 11.0. The quantitative estimate of drug-likeness (QED) is 0.499. The molecule has 2 aromatic heterocycles. The number of ether oxygens (including phenoxy) is 2. The summed E-state index contributed by atoms with van der Waals surface area (Å²) in [6.45, 7) is 7.91. The van der Waals surface area contributed by atoms with Crippen molar-refractivity contribution < 1.29 is 13.9 Å². The van der Waals surface area contributed by atoms with Crippen LogP contribution in [0.1, 0.15) is 25.5 Å². The zero-order chi connectivity index (χ0) is 24.9. The number of nitrogens with one attached hydrogen (secondary N) is 1. The molecule has 0 spiro atoms. The molecule has 1 saturated carbocycles. The highest BCUT2D eigenvalue weighted by molar-refractivity contribution is 6.30. The predicted molar refractivity (Wildman–Crippen MR) is 133 cm³/mol. The number of hydrogen-bond donors (Lipinski definition) is 1. The lowest BCUT2D eigenvalue weighted by molar-refractivity contribution is -0.112. The van der Waals surface area contributed by atoms with E-state index in [1.54, 1.807) is 11.0 Å². The Morgan fingerprint density at radius 1 is 1.19 bits per heavy atom. The summed E-state index contributed by atoms with van der Waals surface area (Å²) in [6, 6.07) is 6.93. The summed E-state index contributed by atoms with van der Waals surface area (Å²) in [5.74, 6) is 2.36. The maximum absolute atomic E-state index is 13.6. The molecule has 190 valence electrons. The normalized spacial score (nSPS) is 24.4. The maximum Gasteiger partial charge on any atom is 0.322 e. The molecule has 4 heterocycles. The smallest absolute Gasteiger partial charge is 0.322 e. The van der Waals surface area contributed by atoms with Crippen molar-refractivity contribution in [3.63, 3.8) is 0 Å². The zero-order valence-corrected chi connectivity index (χ0v) is 21.1. The van der Waals surface area contributed by atoms with Crippen molar-refractivity contribution in [3.8, 4) is 11.8 Å². The first kappa shape index (κ1) is 23.4. The molecule has 2 bridgehead atoms. The molecule has 2 aliphatic heterocycles. The highest BCUT2D eigenvalue weighted by Gasteiger charge is 2.43. The van der Waals surface area contributed by atoms with Crippen molar-refractivity contribution in [1.82, 2.24) is 24.7 Å². The molecule has 11 heteroatoms. The third kappa shape index (κ3) is 4.59. The van der Waals surface area contributed by atoms with Crippen LogP contribution in [0.15, 0.2) is 30.6 Å². The minimum absolute atomic E-state index is 0.00140. The SMILES string of the molecule is Cc1cc(N2C[C@H]3CC[C@@H](C2)[C@@H]3Nc2nc(Oc3ccc(F)c(Cl)c3)n(CC3(C)COC3)n2)ncn1. The predicted octanol–water partition coefficient (Wildman–Crippen LogP) is 4.32. The van der Waals surface area contributed by atoms with Gasteiger partial charge in [0.2, 0.25) is 5.95 Å². The van der Waals surface area contributed by atoms with E-state index in [9.17, 15) is 4.39 Å². The fourth-order valence-electron chi connectivity index (χ4n) is 5.52. The van der Waals surface area contributed by atoms with E-state index in [-0.39, 0.29) is 16.5 Å². The van der Waals surface area contributed by atoms with Gasteiger partial charge in [0.25, 0.3) is 0 Å². The topological polar surface area (TPSA) is 90.2 Å². The molecule has 9 nitrogen and oxygen atoms in total. The maximum atomic E-state index is 13.6. The van der Waals surface area contributed by atoms with Gasteiger partial charge in [0.15, 0.2) is 0 Å². The fraction of sp³-hybridized carbons (Fsp3) is 0.520. The van der Waals surface area contributed by atoms with Crippen molar-refractivity contribution in [1.29, 1.82) is 0 Å². The van der Waals surface area contributed by atoms with E-state index in [0.29, 0.717) is 49.3 Å². The van der Waals surface area contributed by atoms with Crippen molar-refractivity contribution in [2.24, 2.45) is 17.3 Å². The number of hydrogen-bond acceptors (Lipinski definition) is 8. The average Bonchev–Trinajstić information content (AvgIpc) is 3.29. The van der Waals surface area contributed by atoms with Gasteiger partial charge in [-0.1, -0.05) is 18.5 Å². The lowest BCUT2D eigenvalue weighted by Gasteiger charge is -2.38. The van der Waals surface area contributed by atoms with Crippen LogP contribution >= 0.6 is 11.6 Å². The number of halogens is 2. The minimum Gasteiger partial charge on any atom is -0.424 e. The Morgan fingerprint density at radius 3 is 2.64 bits per heavy atom. The van der Waals surface area contributed by atoms with Gasteiger partial charge in [0.05, 0.1) is 24.8 Å². The van der Waals surface area contributed by atoms with E-state index in [4.69, 9.17) is 26.2 Å². The summed E-state index contributed by atoms with van der Waals surface area (Å²) >= 11 is 5.96. The molecule has 6 rings (SSSR count). The number of aryl methyl sites for hydroxylation is 1. The molecule has 3 fully saturated rings. The molecule has 2 saturated heterocycles. The van der Waals surface area contributed by atoms with Crippen molar-refractivity contribution in [2.75, 3.05) is 36.5 Å². The molecule has 1 aliphatic carbocycles. The van der Waals surface area contributed by atoms with Crippen LogP contribution in [0.4, 0.5) is 16.2 Å². The number of aromatic nitrogens is 5. The Hall–Kier alpha value is -2.98. The van der Waals surface area contributed by atoms with E-state index in [0.717, 1.165) is 37.4 Å². The summed E-state index contributed by atoms with van der Waals surface area (Å²) in [5.41, 5.74) is 0.937. The highest BCUT2D eigenvalue weighted by Crippen LogP contribution is 2.40. The Morgan fingerprint density at radius 2 is 1.97 bits per heavy atom. The van der Waals surface area contributed by atoms with Gasteiger partial charge in [-0.3, -0.25) is 0 Å². The van der Waals surface area contributed by atoms with E-state index in [1.807, 2.05) is 13.0 Å². The van der Waals surface area contributed by atoms with Crippen molar-refractivity contribution >= 4 is 23.4 Å². The first-order chi connectivity index (χ1) is 17.3. The average molecular weight is 514 g/mol. The number of rotatable bonds is 7. The number of piperidine rings is 1. The summed E-state index contributed by atoms with van der Waals surface area (Å²) in [5, 5.41) is 8.38. The summed E-state index contributed by atoms with van der Waals surface area (Å²) < 4.78 is 26.8. The van der Waals surface area contributed by atoms with Crippen LogP contribution in [-0.2, 0) is 11.3 Å². The van der Waals surface area contributed by atoms with Crippen LogP contribution in [0, 0.1) is 30.0 Å². The molecule has 1 aromatic carbocycles. The molecule has 1 N–H and O–H groups in total. The fourth-order valence-corrected chi connectivity index (χ4v) is 5.69. The molecule has 3 atom stereocenters. The third-order valence-corrected chi connectivity index (χ3v) is 7.70.